The van der Waals surface area contributed by atoms with Gasteiger partial charge in [-0.3, -0.25) is 19.8 Å². The average molecular weight is 279 g/mol. The first kappa shape index (κ1) is 13.9. The number of nitrogens with one attached hydrogen (secondary N) is 1. The number of nitro groups is 1. The maximum absolute atomic E-state index is 11.3. The van der Waals surface area contributed by atoms with E-state index in [1.807, 2.05) is 0 Å². The molecule has 1 fully saturated rings. The number of benzene rings is 1. The number of carboxylic acids is 1. The number of piperazine rings is 1. The highest BCUT2D eigenvalue weighted by Crippen LogP contribution is 2.23. The third kappa shape index (κ3) is 2.91. The van der Waals surface area contributed by atoms with E-state index in [9.17, 15) is 24.8 Å². The van der Waals surface area contributed by atoms with Crippen molar-refractivity contribution < 1.29 is 19.6 Å². The van der Waals surface area contributed by atoms with E-state index in [0.29, 0.717) is 18.7 Å². The molecule has 1 aromatic carbocycles. The number of hydrogen-bond donors (Lipinski definition) is 2. The molecular weight excluding hydrogens is 266 g/mol. The smallest absolute Gasteiger partial charge is 0.343 e. The van der Waals surface area contributed by atoms with Gasteiger partial charge in [-0.1, -0.05) is 12.1 Å². The summed E-state index contributed by atoms with van der Waals surface area (Å²) >= 11 is 0. The summed E-state index contributed by atoms with van der Waals surface area (Å²) in [5.41, 5.74) is -0.415. The van der Waals surface area contributed by atoms with Gasteiger partial charge in [-0.2, -0.15) is 0 Å². The summed E-state index contributed by atoms with van der Waals surface area (Å²) < 4.78 is 0. The van der Waals surface area contributed by atoms with Crippen LogP contribution < -0.4 is 5.32 Å². The highest BCUT2D eigenvalue weighted by molar-refractivity contribution is 5.94. The summed E-state index contributed by atoms with van der Waals surface area (Å²) in [5.74, 6) is -1.48. The summed E-state index contributed by atoms with van der Waals surface area (Å²) in [4.78, 5) is 34.5. The molecule has 20 heavy (non-hydrogen) atoms. The molecule has 0 saturated carbocycles. The molecule has 1 amide bonds. The molecule has 0 bridgehead atoms. The lowest BCUT2D eigenvalue weighted by atomic mass is 10.0. The van der Waals surface area contributed by atoms with Crippen molar-refractivity contribution in [2.75, 3.05) is 19.6 Å². The Balaban J connectivity index is 2.31. The molecule has 0 radical (unpaired) electrons. The van der Waals surface area contributed by atoms with Crippen molar-refractivity contribution in [1.82, 2.24) is 10.2 Å². The maximum Gasteiger partial charge on any atom is 0.343 e. The highest BCUT2D eigenvalue weighted by Gasteiger charge is 2.25. The van der Waals surface area contributed by atoms with E-state index in [4.69, 9.17) is 0 Å². The van der Waals surface area contributed by atoms with Crippen LogP contribution in [0.15, 0.2) is 18.2 Å². The third-order valence-corrected chi connectivity index (χ3v) is 3.05. The molecule has 0 spiro atoms. The molecule has 0 aromatic heterocycles. The van der Waals surface area contributed by atoms with Gasteiger partial charge in [0.2, 0.25) is 5.91 Å². The molecular formula is C12H13N3O5. The lowest BCUT2D eigenvalue weighted by molar-refractivity contribution is -0.385. The number of hydrogen-bond acceptors (Lipinski definition) is 5. The van der Waals surface area contributed by atoms with Gasteiger partial charge in [0.15, 0.2) is 0 Å². The van der Waals surface area contributed by atoms with Crippen LogP contribution in [-0.2, 0) is 11.3 Å². The van der Waals surface area contributed by atoms with Crippen LogP contribution >= 0.6 is 0 Å². The Morgan fingerprint density at radius 3 is 2.85 bits per heavy atom. The molecule has 0 unspecified atom stereocenters. The standard InChI is InChI=1S/C12H13N3O5/c16-10-7-14(5-4-13-10)6-8-2-1-3-9(15(19)20)11(8)12(17)18/h1-3H,4-7H2,(H,13,16)(H,17,18). The maximum atomic E-state index is 11.3. The summed E-state index contributed by atoms with van der Waals surface area (Å²) in [6.45, 7) is 1.40. The number of carbonyl (C=O) groups excluding carboxylic acids is 1. The van der Waals surface area contributed by atoms with Gasteiger partial charge in [0.25, 0.3) is 5.69 Å². The predicted molar refractivity (Wildman–Crippen MR) is 68.3 cm³/mol. The van der Waals surface area contributed by atoms with Crippen LogP contribution in [0.5, 0.6) is 0 Å². The quantitative estimate of drug-likeness (QED) is 0.602. The fraction of sp³-hybridized carbons (Fsp3) is 0.333. The van der Waals surface area contributed by atoms with Crippen LogP contribution in [-0.4, -0.2) is 46.4 Å². The summed E-state index contributed by atoms with van der Waals surface area (Å²) in [7, 11) is 0. The van der Waals surface area contributed by atoms with E-state index in [-0.39, 0.29) is 24.6 Å². The van der Waals surface area contributed by atoms with Crippen LogP contribution in [0.2, 0.25) is 0 Å². The summed E-state index contributed by atoms with van der Waals surface area (Å²) in [5, 5.41) is 22.7. The Hall–Kier alpha value is -2.48. The minimum Gasteiger partial charge on any atom is -0.477 e. The highest BCUT2D eigenvalue weighted by atomic mass is 16.6. The molecule has 1 saturated heterocycles. The van der Waals surface area contributed by atoms with Crippen LogP contribution in [0.4, 0.5) is 5.69 Å². The Morgan fingerprint density at radius 1 is 1.50 bits per heavy atom. The molecule has 1 aliphatic rings. The molecule has 1 aromatic rings. The molecule has 0 aliphatic carbocycles. The number of carbonyl (C=O) groups is 2. The zero-order valence-corrected chi connectivity index (χ0v) is 10.5. The van der Waals surface area contributed by atoms with Gasteiger partial charge >= 0.3 is 5.97 Å². The largest absolute Gasteiger partial charge is 0.477 e. The van der Waals surface area contributed by atoms with Gasteiger partial charge in [0.1, 0.15) is 5.56 Å². The van der Waals surface area contributed by atoms with Crippen molar-refractivity contribution in [3.05, 3.63) is 39.4 Å². The van der Waals surface area contributed by atoms with Crippen molar-refractivity contribution in [1.29, 1.82) is 0 Å². The van der Waals surface area contributed by atoms with Gasteiger partial charge in [-0.25, -0.2) is 4.79 Å². The lowest BCUT2D eigenvalue weighted by Crippen LogP contribution is -2.47. The number of nitrogens with zero attached hydrogens (tertiary/aromatic N) is 2. The van der Waals surface area contributed by atoms with Gasteiger partial charge < -0.3 is 10.4 Å². The second-order valence-corrected chi connectivity index (χ2v) is 4.43. The lowest BCUT2D eigenvalue weighted by Gasteiger charge is -2.26. The van der Waals surface area contributed by atoms with E-state index in [2.05, 4.69) is 5.32 Å². The van der Waals surface area contributed by atoms with Crippen LogP contribution in [0, 0.1) is 10.1 Å². The second kappa shape index (κ2) is 5.66. The Morgan fingerprint density at radius 2 is 2.25 bits per heavy atom. The third-order valence-electron chi connectivity index (χ3n) is 3.05. The normalized spacial score (nSPS) is 15.7. The van der Waals surface area contributed by atoms with E-state index < -0.39 is 16.6 Å². The van der Waals surface area contributed by atoms with Crippen LogP contribution in [0.1, 0.15) is 15.9 Å². The first-order valence-corrected chi connectivity index (χ1v) is 5.97. The van der Waals surface area contributed by atoms with Gasteiger partial charge in [0, 0.05) is 25.7 Å². The first-order valence-electron chi connectivity index (χ1n) is 5.97. The van der Waals surface area contributed by atoms with Crippen LogP contribution in [0.3, 0.4) is 0 Å². The Kier molecular flexibility index (Phi) is 3.94. The molecule has 106 valence electrons. The Bertz CT molecular complexity index is 572. The minimum absolute atomic E-state index is 0.140. The van der Waals surface area contributed by atoms with Gasteiger partial charge in [-0.05, 0) is 5.56 Å². The topological polar surface area (TPSA) is 113 Å². The van der Waals surface area contributed by atoms with Crippen molar-refractivity contribution in [3.63, 3.8) is 0 Å². The number of nitro benzene ring substituents is 1. The van der Waals surface area contributed by atoms with E-state index in [1.54, 1.807) is 4.90 Å². The van der Waals surface area contributed by atoms with E-state index in [0.717, 1.165) is 6.07 Å². The fourth-order valence-electron chi connectivity index (χ4n) is 2.18. The zero-order valence-electron chi connectivity index (χ0n) is 10.5. The molecule has 1 heterocycles. The predicted octanol–water partition coefficient (Wildman–Crippen LogP) is 0.225. The molecule has 8 nitrogen and oxygen atoms in total. The molecule has 1 aliphatic heterocycles. The van der Waals surface area contributed by atoms with Gasteiger partial charge in [0.05, 0.1) is 11.5 Å². The minimum atomic E-state index is -1.34. The van der Waals surface area contributed by atoms with Crippen molar-refractivity contribution in [3.8, 4) is 0 Å². The zero-order chi connectivity index (χ0) is 14.7. The number of carboxylic acid groups (broad SMARTS) is 1. The Labute approximate surface area is 114 Å². The molecule has 8 heteroatoms. The second-order valence-electron chi connectivity index (χ2n) is 4.43. The van der Waals surface area contributed by atoms with E-state index in [1.165, 1.54) is 12.1 Å². The van der Waals surface area contributed by atoms with Crippen molar-refractivity contribution >= 4 is 17.6 Å². The molecule has 0 atom stereocenters. The average Bonchev–Trinajstić information content (AvgIpc) is 2.38. The number of rotatable bonds is 4. The number of aromatic carboxylic acids is 1. The number of amides is 1. The van der Waals surface area contributed by atoms with Crippen molar-refractivity contribution in [2.45, 2.75) is 6.54 Å². The van der Waals surface area contributed by atoms with Crippen molar-refractivity contribution in [2.24, 2.45) is 0 Å². The first-order chi connectivity index (χ1) is 9.49. The van der Waals surface area contributed by atoms with E-state index >= 15 is 0 Å². The molecule has 2 rings (SSSR count). The van der Waals surface area contributed by atoms with Gasteiger partial charge in [-0.15, -0.1) is 0 Å². The summed E-state index contributed by atoms with van der Waals surface area (Å²) in [6.07, 6.45) is 0. The fourth-order valence-corrected chi connectivity index (χ4v) is 2.18. The summed E-state index contributed by atoms with van der Waals surface area (Å²) in [6, 6.07) is 4.14. The monoisotopic (exact) mass is 279 g/mol. The van der Waals surface area contributed by atoms with Crippen LogP contribution in [0.25, 0.3) is 0 Å². The SMILES string of the molecule is O=C1CN(Cc2cccc([N+](=O)[O-])c2C(=O)O)CCN1. The molecule has 2 N–H and O–H groups in total.